The molecule has 1 N–H and O–H groups in total. The molecule has 1 aromatic rings. The van der Waals surface area contributed by atoms with E-state index in [4.69, 9.17) is 0 Å². The number of amides is 3. The van der Waals surface area contributed by atoms with Crippen LogP contribution < -0.4 is 5.32 Å². The van der Waals surface area contributed by atoms with Crippen molar-refractivity contribution in [1.29, 1.82) is 0 Å². The smallest absolute Gasteiger partial charge is 0.262 e. The first-order valence-electron chi connectivity index (χ1n) is 6.84. The first-order chi connectivity index (χ1) is 9.99. The van der Waals surface area contributed by atoms with E-state index in [1.165, 1.54) is 0 Å². The van der Waals surface area contributed by atoms with Gasteiger partial charge in [-0.05, 0) is 18.1 Å². The van der Waals surface area contributed by atoms with Gasteiger partial charge in [-0.3, -0.25) is 19.3 Å². The minimum Gasteiger partial charge on any atom is -0.351 e. The zero-order valence-electron chi connectivity index (χ0n) is 12.1. The summed E-state index contributed by atoms with van der Waals surface area (Å²) in [5.41, 5.74) is 0.703. The molecule has 0 fully saturated rings. The van der Waals surface area contributed by atoms with E-state index in [2.05, 4.69) is 11.9 Å². The van der Waals surface area contributed by atoms with Gasteiger partial charge in [0.05, 0.1) is 11.1 Å². The quantitative estimate of drug-likeness (QED) is 0.660. The highest BCUT2D eigenvalue weighted by molar-refractivity contribution is 6.22. The lowest BCUT2D eigenvalue weighted by molar-refractivity contribution is -0.126. The van der Waals surface area contributed by atoms with Crippen LogP contribution in [-0.2, 0) is 4.79 Å². The summed E-state index contributed by atoms with van der Waals surface area (Å²) >= 11 is 0. The van der Waals surface area contributed by atoms with Crippen molar-refractivity contribution in [2.75, 3.05) is 6.54 Å². The molecular formula is C16H18N2O3. The maximum Gasteiger partial charge on any atom is 0.262 e. The number of benzene rings is 1. The van der Waals surface area contributed by atoms with Gasteiger partial charge >= 0.3 is 0 Å². The Hall–Kier alpha value is -2.43. The van der Waals surface area contributed by atoms with Crippen molar-refractivity contribution in [3.8, 4) is 0 Å². The SMILES string of the molecule is C=CCNC(=O)C(C(C)C)N1C(=O)c2ccccc2C1=O. The largest absolute Gasteiger partial charge is 0.351 e. The molecule has 0 saturated heterocycles. The minimum atomic E-state index is -0.822. The third-order valence-corrected chi connectivity index (χ3v) is 3.42. The highest BCUT2D eigenvalue weighted by Gasteiger charge is 2.43. The van der Waals surface area contributed by atoms with E-state index in [1.807, 2.05) is 13.8 Å². The molecule has 2 rings (SSSR count). The van der Waals surface area contributed by atoms with Crippen LogP contribution in [-0.4, -0.2) is 35.2 Å². The van der Waals surface area contributed by atoms with E-state index >= 15 is 0 Å². The van der Waals surface area contributed by atoms with Crippen LogP contribution in [0.4, 0.5) is 0 Å². The predicted molar refractivity (Wildman–Crippen MR) is 78.8 cm³/mol. The molecule has 0 radical (unpaired) electrons. The second-order valence-electron chi connectivity index (χ2n) is 5.25. The van der Waals surface area contributed by atoms with Crippen LogP contribution in [0.25, 0.3) is 0 Å². The van der Waals surface area contributed by atoms with E-state index in [0.29, 0.717) is 17.7 Å². The standard InChI is InChI=1S/C16H18N2O3/c1-4-9-17-14(19)13(10(2)3)18-15(20)11-7-5-6-8-12(11)16(18)21/h4-8,10,13H,1,9H2,2-3H3,(H,17,19). The van der Waals surface area contributed by atoms with E-state index in [-0.39, 0.29) is 11.8 Å². The molecule has 1 aromatic carbocycles. The maximum absolute atomic E-state index is 12.4. The van der Waals surface area contributed by atoms with Crippen molar-refractivity contribution in [2.24, 2.45) is 5.92 Å². The van der Waals surface area contributed by atoms with E-state index in [0.717, 1.165) is 4.90 Å². The van der Waals surface area contributed by atoms with Crippen LogP contribution in [0.3, 0.4) is 0 Å². The van der Waals surface area contributed by atoms with E-state index < -0.39 is 17.9 Å². The lowest BCUT2D eigenvalue weighted by Crippen LogP contribution is -2.52. The summed E-state index contributed by atoms with van der Waals surface area (Å²) in [5.74, 6) is -1.36. The van der Waals surface area contributed by atoms with Crippen molar-refractivity contribution >= 4 is 17.7 Å². The Labute approximate surface area is 123 Å². The van der Waals surface area contributed by atoms with Gasteiger partial charge in [0, 0.05) is 6.54 Å². The van der Waals surface area contributed by atoms with Crippen molar-refractivity contribution in [2.45, 2.75) is 19.9 Å². The molecule has 0 bridgehead atoms. The number of nitrogens with zero attached hydrogens (tertiary/aromatic N) is 1. The average Bonchev–Trinajstić information content (AvgIpc) is 2.71. The molecule has 1 aliphatic rings. The lowest BCUT2D eigenvalue weighted by Gasteiger charge is -2.28. The van der Waals surface area contributed by atoms with Gasteiger partial charge in [0.1, 0.15) is 6.04 Å². The summed E-state index contributed by atoms with van der Waals surface area (Å²) in [5, 5.41) is 2.66. The van der Waals surface area contributed by atoms with Gasteiger partial charge in [0.25, 0.3) is 11.8 Å². The lowest BCUT2D eigenvalue weighted by atomic mass is 10.0. The highest BCUT2D eigenvalue weighted by Crippen LogP contribution is 2.27. The fourth-order valence-electron chi connectivity index (χ4n) is 2.46. The zero-order valence-corrected chi connectivity index (χ0v) is 12.1. The van der Waals surface area contributed by atoms with Crippen molar-refractivity contribution < 1.29 is 14.4 Å². The molecule has 1 aliphatic heterocycles. The van der Waals surface area contributed by atoms with Gasteiger partial charge < -0.3 is 5.32 Å². The van der Waals surface area contributed by atoms with E-state index in [9.17, 15) is 14.4 Å². The van der Waals surface area contributed by atoms with Gasteiger partial charge in [-0.1, -0.05) is 32.1 Å². The van der Waals surface area contributed by atoms with Gasteiger partial charge in [-0.15, -0.1) is 6.58 Å². The summed E-state index contributed by atoms with van der Waals surface area (Å²) < 4.78 is 0. The molecule has 110 valence electrons. The molecule has 0 aliphatic carbocycles. The fraction of sp³-hybridized carbons (Fsp3) is 0.312. The van der Waals surface area contributed by atoms with Gasteiger partial charge in [-0.25, -0.2) is 0 Å². The summed E-state index contributed by atoms with van der Waals surface area (Å²) in [4.78, 5) is 38.2. The maximum atomic E-state index is 12.4. The molecule has 5 nitrogen and oxygen atoms in total. The molecule has 0 spiro atoms. The van der Waals surface area contributed by atoms with Gasteiger partial charge in [-0.2, -0.15) is 0 Å². The number of hydrogen-bond acceptors (Lipinski definition) is 3. The zero-order chi connectivity index (χ0) is 15.6. The molecule has 0 saturated carbocycles. The van der Waals surface area contributed by atoms with E-state index in [1.54, 1.807) is 30.3 Å². The summed E-state index contributed by atoms with van der Waals surface area (Å²) in [6, 6.07) is 5.80. The Bertz CT molecular complexity index is 572. The van der Waals surface area contributed by atoms with Gasteiger partial charge in [0.2, 0.25) is 5.91 Å². The van der Waals surface area contributed by atoms with Crippen LogP contribution in [0.1, 0.15) is 34.6 Å². The first kappa shape index (κ1) is 15.0. The monoisotopic (exact) mass is 286 g/mol. The van der Waals surface area contributed by atoms with Crippen molar-refractivity contribution in [3.63, 3.8) is 0 Å². The Morgan fingerprint density at radius 2 is 1.76 bits per heavy atom. The Morgan fingerprint density at radius 3 is 2.19 bits per heavy atom. The molecule has 0 aromatic heterocycles. The number of fused-ring (bicyclic) bond motifs is 1. The summed E-state index contributed by atoms with van der Waals surface area (Å²) in [6.07, 6.45) is 1.55. The van der Waals surface area contributed by atoms with Crippen LogP contribution in [0, 0.1) is 5.92 Å². The number of carbonyl (C=O) groups is 3. The average molecular weight is 286 g/mol. The van der Waals surface area contributed by atoms with Crippen LogP contribution >= 0.6 is 0 Å². The van der Waals surface area contributed by atoms with Crippen molar-refractivity contribution in [1.82, 2.24) is 10.2 Å². The molecule has 1 atom stereocenters. The number of carbonyl (C=O) groups excluding carboxylic acids is 3. The number of hydrogen-bond donors (Lipinski definition) is 1. The highest BCUT2D eigenvalue weighted by atomic mass is 16.2. The van der Waals surface area contributed by atoms with Crippen molar-refractivity contribution in [3.05, 3.63) is 48.0 Å². The number of rotatable bonds is 5. The molecule has 1 heterocycles. The second-order valence-corrected chi connectivity index (χ2v) is 5.25. The molecule has 1 unspecified atom stereocenters. The fourth-order valence-corrected chi connectivity index (χ4v) is 2.46. The molecular weight excluding hydrogens is 268 g/mol. The van der Waals surface area contributed by atoms with Crippen LogP contribution in [0.15, 0.2) is 36.9 Å². The molecule has 21 heavy (non-hydrogen) atoms. The third-order valence-electron chi connectivity index (χ3n) is 3.42. The third kappa shape index (κ3) is 2.59. The molecule has 5 heteroatoms. The second kappa shape index (κ2) is 5.91. The first-order valence-corrected chi connectivity index (χ1v) is 6.84. The summed E-state index contributed by atoms with van der Waals surface area (Å²) in [7, 11) is 0. The number of nitrogens with one attached hydrogen (secondary N) is 1. The minimum absolute atomic E-state index is 0.183. The molecule has 3 amide bonds. The Kier molecular flexibility index (Phi) is 4.21. The Balaban J connectivity index is 2.35. The normalized spacial score (nSPS) is 15.1. The number of imide groups is 1. The van der Waals surface area contributed by atoms with Crippen LogP contribution in [0.5, 0.6) is 0 Å². The summed E-state index contributed by atoms with van der Waals surface area (Å²) in [6.45, 7) is 7.45. The predicted octanol–water partition coefficient (Wildman–Crippen LogP) is 1.61. The Morgan fingerprint density at radius 1 is 1.24 bits per heavy atom. The topological polar surface area (TPSA) is 66.5 Å². The van der Waals surface area contributed by atoms with Gasteiger partial charge in [0.15, 0.2) is 0 Å². The van der Waals surface area contributed by atoms with Crippen LogP contribution in [0.2, 0.25) is 0 Å².